The fourth-order valence-electron chi connectivity index (χ4n) is 1.63. The van der Waals surface area contributed by atoms with Crippen LogP contribution in [0, 0.1) is 0 Å². The van der Waals surface area contributed by atoms with Gasteiger partial charge in [0.05, 0.1) is 0 Å². The van der Waals surface area contributed by atoms with Crippen LogP contribution in [-0.4, -0.2) is 11.1 Å². The van der Waals surface area contributed by atoms with Crippen LogP contribution in [0.3, 0.4) is 0 Å². The van der Waals surface area contributed by atoms with Crippen molar-refractivity contribution in [3.05, 3.63) is 35.4 Å². The van der Waals surface area contributed by atoms with Crippen molar-refractivity contribution in [2.45, 2.75) is 26.2 Å². The third kappa shape index (κ3) is 3.83. The Hall–Kier alpha value is -1.81. The molecule has 1 heterocycles. The molecule has 0 aliphatic rings. The van der Waals surface area contributed by atoms with Gasteiger partial charge in [-0.3, -0.25) is 10.1 Å². The molecule has 0 saturated heterocycles. The van der Waals surface area contributed by atoms with Gasteiger partial charge >= 0.3 is 0 Å². The number of aromatic nitrogens is 1. The Morgan fingerprint density at radius 1 is 1.37 bits per heavy atom. The van der Waals surface area contributed by atoms with Crippen LogP contribution in [0.4, 0.5) is 5.88 Å². The number of nitrogens with zero attached hydrogens (tertiary/aromatic N) is 1. The number of carbonyl (C=O) groups is 1. The zero-order chi connectivity index (χ0) is 13.7. The Bertz CT molecular complexity index is 549. The largest absolute Gasteiger partial charge is 0.338 e. The minimum absolute atomic E-state index is 0.0549. The fraction of sp³-hybridized carbons (Fsp3) is 0.286. The Morgan fingerprint density at radius 3 is 2.79 bits per heavy atom. The maximum Gasteiger partial charge on any atom is 0.231 e. The molecule has 1 aromatic carbocycles. The third-order valence-corrected chi connectivity index (χ3v) is 2.92. The highest BCUT2D eigenvalue weighted by molar-refractivity contribution is 6.30. The van der Waals surface area contributed by atoms with E-state index in [1.54, 1.807) is 18.2 Å². The SMILES string of the molecule is CCCCC(=O)Nc1cc(-c2ccc(Cl)cc2)no1. The molecule has 19 heavy (non-hydrogen) atoms. The molecule has 0 spiro atoms. The summed E-state index contributed by atoms with van der Waals surface area (Å²) in [5.41, 5.74) is 1.56. The number of unbranched alkanes of at least 4 members (excludes halogenated alkanes) is 1. The summed E-state index contributed by atoms with van der Waals surface area (Å²) in [6.07, 6.45) is 2.34. The molecular weight excluding hydrogens is 264 g/mol. The quantitative estimate of drug-likeness (QED) is 0.895. The van der Waals surface area contributed by atoms with Gasteiger partial charge in [-0.2, -0.15) is 0 Å². The number of hydrogen-bond acceptors (Lipinski definition) is 3. The molecule has 1 aromatic heterocycles. The van der Waals surface area contributed by atoms with Crippen LogP contribution in [0.15, 0.2) is 34.9 Å². The average Bonchev–Trinajstić information content (AvgIpc) is 2.85. The van der Waals surface area contributed by atoms with Gasteiger partial charge in [-0.25, -0.2) is 0 Å². The maximum atomic E-state index is 11.5. The van der Waals surface area contributed by atoms with E-state index in [9.17, 15) is 4.79 Å². The van der Waals surface area contributed by atoms with Crippen molar-refractivity contribution in [2.75, 3.05) is 5.32 Å². The number of hydrogen-bond donors (Lipinski definition) is 1. The first-order chi connectivity index (χ1) is 9.19. The minimum atomic E-state index is -0.0549. The van der Waals surface area contributed by atoms with Crippen LogP contribution >= 0.6 is 11.6 Å². The van der Waals surface area contributed by atoms with Crippen LogP contribution < -0.4 is 5.32 Å². The first-order valence-electron chi connectivity index (χ1n) is 6.21. The number of carbonyl (C=O) groups excluding carboxylic acids is 1. The highest BCUT2D eigenvalue weighted by atomic mass is 35.5. The van der Waals surface area contributed by atoms with Gasteiger partial charge in [0.2, 0.25) is 11.8 Å². The molecule has 5 heteroatoms. The van der Waals surface area contributed by atoms with Crippen LogP contribution in [0.25, 0.3) is 11.3 Å². The lowest BCUT2D eigenvalue weighted by Crippen LogP contribution is -2.10. The molecule has 0 radical (unpaired) electrons. The molecule has 0 aliphatic carbocycles. The molecule has 1 N–H and O–H groups in total. The summed E-state index contributed by atoms with van der Waals surface area (Å²) in [7, 11) is 0. The Labute approximate surface area is 116 Å². The van der Waals surface area contributed by atoms with E-state index in [-0.39, 0.29) is 5.91 Å². The number of nitrogens with one attached hydrogen (secondary N) is 1. The van der Waals surface area contributed by atoms with Crippen molar-refractivity contribution in [3.63, 3.8) is 0 Å². The van der Waals surface area contributed by atoms with Crippen molar-refractivity contribution in [1.82, 2.24) is 5.16 Å². The molecule has 100 valence electrons. The van der Waals surface area contributed by atoms with Gasteiger partial charge in [0.1, 0.15) is 5.69 Å². The first-order valence-corrected chi connectivity index (χ1v) is 6.59. The molecule has 4 nitrogen and oxygen atoms in total. The Balaban J connectivity index is 2.02. The summed E-state index contributed by atoms with van der Waals surface area (Å²) in [4.78, 5) is 11.5. The van der Waals surface area contributed by atoms with Gasteiger partial charge in [-0.1, -0.05) is 42.2 Å². The zero-order valence-corrected chi connectivity index (χ0v) is 11.4. The third-order valence-electron chi connectivity index (χ3n) is 2.67. The minimum Gasteiger partial charge on any atom is -0.338 e. The van der Waals surface area contributed by atoms with Crippen molar-refractivity contribution in [1.29, 1.82) is 0 Å². The molecule has 1 amide bonds. The van der Waals surface area contributed by atoms with Crippen LogP contribution in [-0.2, 0) is 4.79 Å². The van der Waals surface area contributed by atoms with Crippen LogP contribution in [0.5, 0.6) is 0 Å². The monoisotopic (exact) mass is 278 g/mol. The number of benzene rings is 1. The summed E-state index contributed by atoms with van der Waals surface area (Å²) >= 11 is 5.82. The summed E-state index contributed by atoms with van der Waals surface area (Å²) < 4.78 is 5.08. The average molecular weight is 279 g/mol. The van der Waals surface area contributed by atoms with Crippen LogP contribution in [0.1, 0.15) is 26.2 Å². The predicted octanol–water partition coefficient (Wildman–Crippen LogP) is 4.12. The molecule has 0 fully saturated rings. The normalized spacial score (nSPS) is 10.4. The lowest BCUT2D eigenvalue weighted by atomic mass is 10.1. The molecule has 0 atom stereocenters. The summed E-state index contributed by atoms with van der Waals surface area (Å²) in [5, 5.41) is 7.27. The molecular formula is C14H15ClN2O2. The Morgan fingerprint density at radius 2 is 2.11 bits per heavy atom. The van der Waals surface area contributed by atoms with E-state index in [1.807, 2.05) is 19.1 Å². The van der Waals surface area contributed by atoms with Crippen molar-refractivity contribution in [3.8, 4) is 11.3 Å². The summed E-state index contributed by atoms with van der Waals surface area (Å²) in [6.45, 7) is 2.04. The molecule has 0 saturated carbocycles. The van der Waals surface area contributed by atoms with E-state index in [0.29, 0.717) is 23.0 Å². The van der Waals surface area contributed by atoms with Crippen molar-refractivity contribution >= 4 is 23.4 Å². The van der Waals surface area contributed by atoms with Gasteiger partial charge in [0, 0.05) is 23.1 Å². The fourth-order valence-corrected chi connectivity index (χ4v) is 1.75. The van der Waals surface area contributed by atoms with Gasteiger partial charge in [-0.05, 0) is 18.6 Å². The van der Waals surface area contributed by atoms with E-state index >= 15 is 0 Å². The predicted molar refractivity (Wildman–Crippen MR) is 75.1 cm³/mol. The number of anilines is 1. The molecule has 2 aromatic rings. The number of halogens is 1. The topological polar surface area (TPSA) is 55.1 Å². The smallest absolute Gasteiger partial charge is 0.231 e. The Kier molecular flexibility index (Phi) is 4.58. The lowest BCUT2D eigenvalue weighted by molar-refractivity contribution is -0.116. The van der Waals surface area contributed by atoms with Crippen LogP contribution in [0.2, 0.25) is 5.02 Å². The van der Waals surface area contributed by atoms with Gasteiger partial charge in [0.25, 0.3) is 0 Å². The second-order valence-corrected chi connectivity index (χ2v) is 4.67. The highest BCUT2D eigenvalue weighted by Gasteiger charge is 2.09. The maximum absolute atomic E-state index is 11.5. The van der Waals surface area contributed by atoms with E-state index in [4.69, 9.17) is 16.1 Å². The molecule has 2 rings (SSSR count). The first kappa shape index (κ1) is 13.6. The molecule has 0 bridgehead atoms. The van der Waals surface area contributed by atoms with E-state index in [1.165, 1.54) is 0 Å². The number of rotatable bonds is 5. The zero-order valence-electron chi connectivity index (χ0n) is 10.6. The lowest BCUT2D eigenvalue weighted by Gasteiger charge is -1.98. The van der Waals surface area contributed by atoms with Gasteiger partial charge < -0.3 is 4.52 Å². The second-order valence-electron chi connectivity index (χ2n) is 4.24. The van der Waals surface area contributed by atoms with Gasteiger partial charge in [0.15, 0.2) is 0 Å². The summed E-state index contributed by atoms with van der Waals surface area (Å²) in [5.74, 6) is 0.312. The standard InChI is InChI=1S/C14H15ClN2O2/c1-2-3-4-13(18)16-14-9-12(17-19-14)10-5-7-11(15)8-6-10/h5-9H,2-4H2,1H3,(H,16,18). The summed E-state index contributed by atoms with van der Waals surface area (Å²) in [6, 6.07) is 8.97. The highest BCUT2D eigenvalue weighted by Crippen LogP contribution is 2.23. The molecule has 0 unspecified atom stereocenters. The van der Waals surface area contributed by atoms with Gasteiger partial charge in [-0.15, -0.1) is 0 Å². The van der Waals surface area contributed by atoms with E-state index < -0.39 is 0 Å². The van der Waals surface area contributed by atoms with E-state index in [2.05, 4.69) is 10.5 Å². The molecule has 0 aliphatic heterocycles. The number of amides is 1. The van der Waals surface area contributed by atoms with E-state index in [0.717, 1.165) is 18.4 Å². The van der Waals surface area contributed by atoms with Crippen molar-refractivity contribution < 1.29 is 9.32 Å². The second kappa shape index (κ2) is 6.38. The van der Waals surface area contributed by atoms with Crippen molar-refractivity contribution in [2.24, 2.45) is 0 Å².